The summed E-state index contributed by atoms with van der Waals surface area (Å²) < 4.78 is 0. The van der Waals surface area contributed by atoms with Crippen LogP contribution in [0.1, 0.15) is 18.9 Å². The fourth-order valence-corrected chi connectivity index (χ4v) is 1.81. The van der Waals surface area contributed by atoms with E-state index in [1.54, 1.807) is 0 Å². The number of nitrogens with two attached hydrogens (primary N) is 1. The van der Waals surface area contributed by atoms with E-state index in [-0.39, 0.29) is 5.91 Å². The van der Waals surface area contributed by atoms with Crippen molar-refractivity contribution < 1.29 is 4.79 Å². The monoisotopic (exact) mass is 252 g/mol. The van der Waals surface area contributed by atoms with Gasteiger partial charge in [-0.1, -0.05) is 24.0 Å². The number of carbonyl (C=O) groups excluding carboxylic acids is 1. The molecule has 3 N–H and O–H groups in total. The zero-order valence-corrected chi connectivity index (χ0v) is 10.9. The molecule has 3 nitrogen and oxygen atoms in total. The van der Waals surface area contributed by atoms with Gasteiger partial charge in [0.25, 0.3) is 0 Å². The van der Waals surface area contributed by atoms with Gasteiger partial charge in [-0.05, 0) is 35.0 Å². The molecular formula is C16H16N2O. The van der Waals surface area contributed by atoms with Crippen molar-refractivity contribution in [2.24, 2.45) is 0 Å². The molecule has 0 aliphatic heterocycles. The van der Waals surface area contributed by atoms with Crippen LogP contribution in [0.2, 0.25) is 0 Å². The Hall–Kier alpha value is -2.47. The first-order valence-corrected chi connectivity index (χ1v) is 6.18. The number of benzene rings is 2. The minimum atomic E-state index is -0.0231. The number of nitrogens with one attached hydrogen (secondary N) is 1. The van der Waals surface area contributed by atoms with Crippen molar-refractivity contribution in [3.05, 3.63) is 42.0 Å². The van der Waals surface area contributed by atoms with Crippen LogP contribution in [0.4, 0.5) is 5.69 Å². The molecule has 0 spiro atoms. The van der Waals surface area contributed by atoms with Gasteiger partial charge in [0.1, 0.15) is 0 Å². The fourth-order valence-electron chi connectivity index (χ4n) is 1.81. The van der Waals surface area contributed by atoms with Gasteiger partial charge in [-0.3, -0.25) is 4.79 Å². The van der Waals surface area contributed by atoms with Crippen molar-refractivity contribution in [3.8, 4) is 11.8 Å². The second kappa shape index (κ2) is 5.92. The van der Waals surface area contributed by atoms with Gasteiger partial charge in [-0.15, -0.1) is 0 Å². The minimum Gasteiger partial charge on any atom is -0.399 e. The molecule has 0 aromatic heterocycles. The number of anilines is 1. The maximum absolute atomic E-state index is 10.7. The van der Waals surface area contributed by atoms with E-state index < -0.39 is 0 Å². The third kappa shape index (κ3) is 3.75. The molecule has 0 atom stereocenters. The molecule has 0 aliphatic carbocycles. The molecule has 2 aromatic carbocycles. The number of carbonyl (C=O) groups is 1. The molecule has 3 heteroatoms. The lowest BCUT2D eigenvalue weighted by Crippen LogP contribution is -2.20. The van der Waals surface area contributed by atoms with Crippen LogP contribution in [0.3, 0.4) is 0 Å². The van der Waals surface area contributed by atoms with E-state index in [2.05, 4.69) is 17.2 Å². The molecule has 0 saturated heterocycles. The molecule has 2 aromatic rings. The highest BCUT2D eigenvalue weighted by Crippen LogP contribution is 2.18. The summed E-state index contributed by atoms with van der Waals surface area (Å²) in [5.74, 6) is 6.11. The number of amides is 1. The lowest BCUT2D eigenvalue weighted by molar-refractivity contribution is -0.118. The number of hydrogen-bond donors (Lipinski definition) is 2. The summed E-state index contributed by atoms with van der Waals surface area (Å²) in [6, 6.07) is 11.9. The van der Waals surface area contributed by atoms with E-state index in [9.17, 15) is 4.79 Å². The van der Waals surface area contributed by atoms with Crippen LogP contribution >= 0.6 is 0 Å². The molecular weight excluding hydrogens is 236 g/mol. The van der Waals surface area contributed by atoms with Crippen molar-refractivity contribution in [3.63, 3.8) is 0 Å². The molecule has 0 saturated carbocycles. The Morgan fingerprint density at radius 3 is 2.74 bits per heavy atom. The second-order valence-corrected chi connectivity index (χ2v) is 4.36. The van der Waals surface area contributed by atoms with Gasteiger partial charge < -0.3 is 11.1 Å². The third-order valence-corrected chi connectivity index (χ3v) is 2.72. The summed E-state index contributed by atoms with van der Waals surface area (Å²) in [5.41, 5.74) is 7.48. The topological polar surface area (TPSA) is 55.1 Å². The van der Waals surface area contributed by atoms with E-state index in [1.165, 1.54) is 6.92 Å². The molecule has 0 unspecified atom stereocenters. The molecule has 1 amide bonds. The Balaban J connectivity index is 2.07. The van der Waals surface area contributed by atoms with Crippen LogP contribution in [0.15, 0.2) is 36.4 Å². The lowest BCUT2D eigenvalue weighted by atomic mass is 10.1. The van der Waals surface area contributed by atoms with E-state index in [0.717, 1.165) is 22.0 Å². The van der Waals surface area contributed by atoms with Crippen molar-refractivity contribution in [2.45, 2.75) is 13.3 Å². The second-order valence-electron chi connectivity index (χ2n) is 4.36. The molecule has 0 fully saturated rings. The molecule has 96 valence electrons. The number of nitrogen functional groups attached to an aromatic ring is 1. The van der Waals surface area contributed by atoms with Gasteiger partial charge in [-0.2, -0.15) is 0 Å². The first kappa shape index (κ1) is 13.0. The predicted molar refractivity (Wildman–Crippen MR) is 78.5 cm³/mol. The molecule has 0 radical (unpaired) electrons. The smallest absolute Gasteiger partial charge is 0.216 e. The van der Waals surface area contributed by atoms with Crippen molar-refractivity contribution >= 4 is 22.4 Å². The summed E-state index contributed by atoms with van der Waals surface area (Å²) >= 11 is 0. The first-order chi connectivity index (χ1) is 9.15. The standard InChI is InChI=1S/C16H16N2O/c1-12(19)18-9-3-2-4-13-5-6-15-11-16(17)8-7-14(15)10-13/h5-8,10-11H,3,9,17H2,1H3,(H,18,19). The highest BCUT2D eigenvalue weighted by atomic mass is 16.1. The van der Waals surface area contributed by atoms with Gasteiger partial charge in [0.2, 0.25) is 5.91 Å². The van der Waals surface area contributed by atoms with Gasteiger partial charge in [-0.25, -0.2) is 0 Å². The Bertz CT molecular complexity index is 665. The maximum atomic E-state index is 10.7. The number of fused-ring (bicyclic) bond motifs is 1. The Kier molecular flexibility index (Phi) is 4.04. The number of hydrogen-bond acceptors (Lipinski definition) is 2. The fraction of sp³-hybridized carbons (Fsp3) is 0.188. The highest BCUT2D eigenvalue weighted by Gasteiger charge is 1.95. The van der Waals surface area contributed by atoms with E-state index in [1.807, 2.05) is 36.4 Å². The van der Waals surface area contributed by atoms with Gasteiger partial charge >= 0.3 is 0 Å². The molecule has 2 rings (SSSR count). The average Bonchev–Trinajstić information content (AvgIpc) is 2.38. The highest BCUT2D eigenvalue weighted by molar-refractivity contribution is 5.86. The van der Waals surface area contributed by atoms with Crippen molar-refractivity contribution in [2.75, 3.05) is 12.3 Å². The summed E-state index contributed by atoms with van der Waals surface area (Å²) in [6.45, 7) is 2.09. The Morgan fingerprint density at radius 1 is 1.21 bits per heavy atom. The van der Waals surface area contributed by atoms with Crippen LogP contribution in [0, 0.1) is 11.8 Å². The average molecular weight is 252 g/mol. The van der Waals surface area contributed by atoms with E-state index in [0.29, 0.717) is 13.0 Å². The summed E-state index contributed by atoms with van der Waals surface area (Å²) in [6.07, 6.45) is 0.652. The zero-order valence-electron chi connectivity index (χ0n) is 10.9. The van der Waals surface area contributed by atoms with E-state index >= 15 is 0 Å². The van der Waals surface area contributed by atoms with E-state index in [4.69, 9.17) is 5.73 Å². The molecule has 0 heterocycles. The first-order valence-electron chi connectivity index (χ1n) is 6.18. The molecule has 19 heavy (non-hydrogen) atoms. The maximum Gasteiger partial charge on any atom is 0.216 e. The Labute approximate surface area is 112 Å². The number of rotatable bonds is 2. The van der Waals surface area contributed by atoms with Crippen LogP contribution in [-0.2, 0) is 4.79 Å². The lowest BCUT2D eigenvalue weighted by Gasteiger charge is -2.00. The van der Waals surface area contributed by atoms with Gasteiger partial charge in [0.05, 0.1) is 0 Å². The SMILES string of the molecule is CC(=O)NCCC#Cc1ccc2cc(N)ccc2c1. The summed E-state index contributed by atoms with van der Waals surface area (Å²) in [5, 5.41) is 4.95. The van der Waals surface area contributed by atoms with Crippen LogP contribution in [0.25, 0.3) is 10.8 Å². The van der Waals surface area contributed by atoms with Crippen molar-refractivity contribution in [1.29, 1.82) is 0 Å². The molecule has 0 bridgehead atoms. The minimum absolute atomic E-state index is 0.0231. The van der Waals surface area contributed by atoms with Crippen LogP contribution in [0.5, 0.6) is 0 Å². The largest absolute Gasteiger partial charge is 0.399 e. The van der Waals surface area contributed by atoms with Crippen LogP contribution in [-0.4, -0.2) is 12.5 Å². The normalized spacial score (nSPS) is 9.74. The summed E-state index contributed by atoms with van der Waals surface area (Å²) in [4.78, 5) is 10.7. The van der Waals surface area contributed by atoms with Gasteiger partial charge in [0.15, 0.2) is 0 Å². The van der Waals surface area contributed by atoms with Crippen molar-refractivity contribution in [1.82, 2.24) is 5.32 Å². The third-order valence-electron chi connectivity index (χ3n) is 2.72. The predicted octanol–water partition coefficient (Wildman–Crippen LogP) is 2.30. The Morgan fingerprint density at radius 2 is 1.95 bits per heavy atom. The summed E-state index contributed by atoms with van der Waals surface area (Å²) in [7, 11) is 0. The zero-order chi connectivity index (χ0) is 13.7. The van der Waals surface area contributed by atoms with Crippen LogP contribution < -0.4 is 11.1 Å². The molecule has 0 aliphatic rings. The quantitative estimate of drug-likeness (QED) is 0.489. The van der Waals surface area contributed by atoms with Gasteiger partial charge in [0, 0.05) is 31.1 Å².